The number of carbonyl (C=O) groups is 2. The summed E-state index contributed by atoms with van der Waals surface area (Å²) >= 11 is 0. The van der Waals surface area contributed by atoms with E-state index in [0.717, 1.165) is 44.6 Å². The van der Waals surface area contributed by atoms with E-state index in [2.05, 4.69) is 9.88 Å². The van der Waals surface area contributed by atoms with Crippen LogP contribution < -0.4 is 4.74 Å². The molecule has 0 unspecified atom stereocenters. The predicted molar refractivity (Wildman–Crippen MR) is 115 cm³/mol. The third-order valence-corrected chi connectivity index (χ3v) is 7.52. The maximum atomic E-state index is 13.0. The van der Waals surface area contributed by atoms with Gasteiger partial charge in [0, 0.05) is 37.8 Å². The molecule has 1 aromatic heterocycles. The summed E-state index contributed by atoms with van der Waals surface area (Å²) in [6.45, 7) is 4.66. The van der Waals surface area contributed by atoms with Gasteiger partial charge in [-0.05, 0) is 76.4 Å². The van der Waals surface area contributed by atoms with Crippen LogP contribution in [0.5, 0.6) is 5.88 Å². The lowest BCUT2D eigenvalue weighted by atomic mass is 9.75. The summed E-state index contributed by atoms with van der Waals surface area (Å²) < 4.78 is 11.8. The fraction of sp³-hybridized carbons (Fsp3) is 0.708. The molecule has 4 aliphatic rings. The highest BCUT2D eigenvalue weighted by atomic mass is 16.6. The smallest absolute Gasteiger partial charge is 0.344 e. The molecule has 2 aliphatic carbocycles. The van der Waals surface area contributed by atoms with E-state index >= 15 is 0 Å². The molecular weight excluding hydrogens is 394 g/mol. The number of aromatic nitrogens is 1. The van der Waals surface area contributed by atoms with Crippen LogP contribution >= 0.6 is 0 Å². The number of ether oxygens (including phenoxy) is 2. The summed E-state index contributed by atoms with van der Waals surface area (Å²) in [7, 11) is 1.92. The zero-order chi connectivity index (χ0) is 21.4. The van der Waals surface area contributed by atoms with Gasteiger partial charge in [0.2, 0.25) is 11.8 Å². The predicted octanol–water partition coefficient (Wildman–Crippen LogP) is 2.98. The van der Waals surface area contributed by atoms with Crippen molar-refractivity contribution in [3.63, 3.8) is 0 Å². The van der Waals surface area contributed by atoms with Crippen molar-refractivity contribution in [2.75, 3.05) is 39.8 Å². The Labute approximate surface area is 184 Å². The summed E-state index contributed by atoms with van der Waals surface area (Å²) in [6.07, 6.45) is 9.45. The molecule has 1 spiro atoms. The van der Waals surface area contributed by atoms with Crippen LogP contribution in [0.2, 0.25) is 0 Å². The molecule has 0 bridgehead atoms. The van der Waals surface area contributed by atoms with Gasteiger partial charge in [-0.15, -0.1) is 0 Å². The SMILES string of the molecule is CN(CCN1CCCC1)C(=O)C1CCC2(CC1)OC(=O)c1c2ccnc1OCC1CC1. The minimum Gasteiger partial charge on any atom is -0.477 e. The van der Waals surface area contributed by atoms with Crippen molar-refractivity contribution in [2.24, 2.45) is 11.8 Å². The number of nitrogens with zero attached hydrogens (tertiary/aromatic N) is 3. The van der Waals surface area contributed by atoms with Crippen molar-refractivity contribution in [3.8, 4) is 5.88 Å². The Balaban J connectivity index is 1.21. The van der Waals surface area contributed by atoms with Gasteiger partial charge in [-0.25, -0.2) is 9.78 Å². The van der Waals surface area contributed by atoms with Crippen LogP contribution in [0.3, 0.4) is 0 Å². The summed E-state index contributed by atoms with van der Waals surface area (Å²) in [4.78, 5) is 34.4. The summed E-state index contributed by atoms with van der Waals surface area (Å²) in [5.74, 6) is 0.895. The third-order valence-electron chi connectivity index (χ3n) is 7.52. The van der Waals surface area contributed by atoms with Gasteiger partial charge in [-0.1, -0.05) is 0 Å². The van der Waals surface area contributed by atoms with Gasteiger partial charge in [-0.2, -0.15) is 0 Å². The first kappa shape index (κ1) is 20.7. The number of hydrogen-bond donors (Lipinski definition) is 0. The van der Waals surface area contributed by atoms with Gasteiger partial charge in [0.1, 0.15) is 11.2 Å². The Kier molecular flexibility index (Phi) is 5.63. The molecule has 2 saturated carbocycles. The fourth-order valence-corrected chi connectivity index (χ4v) is 5.32. The van der Waals surface area contributed by atoms with Crippen molar-refractivity contribution in [1.29, 1.82) is 0 Å². The number of likely N-dealkylation sites (tertiary alicyclic amines) is 1. The van der Waals surface area contributed by atoms with E-state index in [1.807, 2.05) is 18.0 Å². The Hall–Kier alpha value is -2.15. The number of likely N-dealkylation sites (N-methyl/N-ethyl adjacent to an activating group) is 1. The van der Waals surface area contributed by atoms with Crippen molar-refractivity contribution in [2.45, 2.75) is 57.0 Å². The molecule has 0 aromatic carbocycles. The molecule has 31 heavy (non-hydrogen) atoms. The number of fused-ring (bicyclic) bond motifs is 2. The zero-order valence-corrected chi connectivity index (χ0v) is 18.5. The molecule has 1 aromatic rings. The average molecular weight is 428 g/mol. The first-order valence-electron chi connectivity index (χ1n) is 11.9. The van der Waals surface area contributed by atoms with Crippen LogP contribution in [0.1, 0.15) is 67.3 Å². The lowest BCUT2D eigenvalue weighted by Crippen LogP contribution is -2.41. The van der Waals surface area contributed by atoms with Crippen LogP contribution in [0.15, 0.2) is 12.3 Å². The van der Waals surface area contributed by atoms with E-state index in [-0.39, 0.29) is 17.8 Å². The number of carbonyl (C=O) groups excluding carboxylic acids is 2. The normalized spacial score (nSPS) is 27.9. The van der Waals surface area contributed by atoms with E-state index in [1.54, 1.807) is 6.20 Å². The van der Waals surface area contributed by atoms with Crippen molar-refractivity contribution in [3.05, 3.63) is 23.4 Å². The minimum absolute atomic E-state index is 0.00405. The largest absolute Gasteiger partial charge is 0.477 e. The maximum absolute atomic E-state index is 13.0. The van der Waals surface area contributed by atoms with Crippen LogP contribution in [0.4, 0.5) is 0 Å². The molecule has 0 atom stereocenters. The van der Waals surface area contributed by atoms with E-state index in [1.165, 1.54) is 25.7 Å². The quantitative estimate of drug-likeness (QED) is 0.623. The number of hydrogen-bond acceptors (Lipinski definition) is 6. The Morgan fingerprint density at radius 3 is 2.71 bits per heavy atom. The van der Waals surface area contributed by atoms with Crippen molar-refractivity contribution < 1.29 is 19.1 Å². The molecule has 3 fully saturated rings. The molecule has 0 radical (unpaired) electrons. The molecule has 2 aliphatic heterocycles. The molecular formula is C24H33N3O4. The average Bonchev–Trinajstić information content (AvgIpc) is 3.39. The summed E-state index contributed by atoms with van der Waals surface area (Å²) in [5, 5.41) is 0. The van der Waals surface area contributed by atoms with Gasteiger partial charge >= 0.3 is 5.97 Å². The summed E-state index contributed by atoms with van der Waals surface area (Å²) in [6, 6.07) is 1.90. The highest BCUT2D eigenvalue weighted by molar-refractivity contribution is 5.97. The standard InChI is InChI=1S/C24H33N3O4/c1-26(14-15-27-12-2-3-13-27)22(28)18-6-9-24(10-7-18)19-8-11-25-21(20(19)23(29)31-24)30-16-17-4-5-17/h8,11,17-18H,2-7,9-10,12-16H2,1H3. The number of amides is 1. The molecule has 7 nitrogen and oxygen atoms in total. The first-order valence-corrected chi connectivity index (χ1v) is 11.9. The lowest BCUT2D eigenvalue weighted by Gasteiger charge is -2.37. The first-order chi connectivity index (χ1) is 15.1. The van der Waals surface area contributed by atoms with E-state index in [0.29, 0.717) is 36.8 Å². The van der Waals surface area contributed by atoms with E-state index in [4.69, 9.17) is 9.47 Å². The Bertz CT molecular complexity index is 839. The molecule has 1 amide bonds. The molecule has 0 N–H and O–H groups in total. The molecule has 3 heterocycles. The molecule has 168 valence electrons. The third kappa shape index (κ3) is 4.16. The monoisotopic (exact) mass is 427 g/mol. The molecule has 1 saturated heterocycles. The van der Waals surface area contributed by atoms with Crippen molar-refractivity contribution in [1.82, 2.24) is 14.8 Å². The van der Waals surface area contributed by atoms with Crippen LogP contribution in [0.25, 0.3) is 0 Å². The van der Waals surface area contributed by atoms with E-state index < -0.39 is 5.60 Å². The number of pyridine rings is 1. The van der Waals surface area contributed by atoms with Gasteiger partial charge in [0.05, 0.1) is 6.61 Å². The minimum atomic E-state index is -0.627. The number of rotatable bonds is 7. The zero-order valence-electron chi connectivity index (χ0n) is 18.5. The van der Waals surface area contributed by atoms with Gasteiger partial charge in [0.25, 0.3) is 0 Å². The highest BCUT2D eigenvalue weighted by Gasteiger charge is 2.50. The molecule has 5 rings (SSSR count). The van der Waals surface area contributed by atoms with Crippen LogP contribution in [0, 0.1) is 11.8 Å². The fourth-order valence-electron chi connectivity index (χ4n) is 5.32. The second-order valence-corrected chi connectivity index (χ2v) is 9.76. The van der Waals surface area contributed by atoms with Crippen LogP contribution in [-0.2, 0) is 15.1 Å². The van der Waals surface area contributed by atoms with Gasteiger partial charge < -0.3 is 19.3 Å². The number of esters is 1. The summed E-state index contributed by atoms with van der Waals surface area (Å²) in [5.41, 5.74) is 0.764. The Morgan fingerprint density at radius 1 is 1.26 bits per heavy atom. The van der Waals surface area contributed by atoms with Gasteiger partial charge in [-0.3, -0.25) is 4.79 Å². The highest BCUT2D eigenvalue weighted by Crippen LogP contribution is 2.50. The molecule has 7 heteroatoms. The second-order valence-electron chi connectivity index (χ2n) is 9.76. The van der Waals surface area contributed by atoms with Crippen molar-refractivity contribution >= 4 is 11.9 Å². The van der Waals surface area contributed by atoms with Gasteiger partial charge in [0.15, 0.2) is 0 Å². The van der Waals surface area contributed by atoms with Crippen LogP contribution in [-0.4, -0.2) is 66.5 Å². The topological polar surface area (TPSA) is 72.0 Å². The van der Waals surface area contributed by atoms with E-state index in [9.17, 15) is 9.59 Å². The second kappa shape index (κ2) is 8.41. The maximum Gasteiger partial charge on any atom is 0.344 e. The lowest BCUT2D eigenvalue weighted by molar-refractivity contribution is -0.137. The Morgan fingerprint density at radius 2 is 2.00 bits per heavy atom.